The standard InChI is InChI=1S/C9H16N6/c10-9(14-7-3-1-2-4-7)11-5-8-12-6-13-15-8/h6-7H,1-5H2,(H3,10,11,14)(H,12,13,15). The van der Waals surface area contributed by atoms with E-state index in [9.17, 15) is 0 Å². The molecule has 2 rings (SSSR count). The molecule has 1 heterocycles. The molecule has 0 radical (unpaired) electrons. The highest BCUT2D eigenvalue weighted by Crippen LogP contribution is 2.17. The molecule has 0 bridgehead atoms. The SMILES string of the molecule is NC(=NCc1ncn[nH]1)NC1CCCC1. The van der Waals surface area contributed by atoms with Crippen molar-refractivity contribution >= 4 is 5.96 Å². The van der Waals surface area contributed by atoms with Gasteiger partial charge in [-0.2, -0.15) is 5.10 Å². The number of guanidine groups is 1. The number of H-pyrrole nitrogens is 1. The zero-order chi connectivity index (χ0) is 10.5. The van der Waals surface area contributed by atoms with Gasteiger partial charge in [0.2, 0.25) is 0 Å². The Hall–Kier alpha value is -1.59. The number of nitrogens with zero attached hydrogens (tertiary/aromatic N) is 3. The van der Waals surface area contributed by atoms with Gasteiger partial charge in [0.25, 0.3) is 0 Å². The number of aromatic nitrogens is 3. The van der Waals surface area contributed by atoms with E-state index in [2.05, 4.69) is 25.5 Å². The summed E-state index contributed by atoms with van der Waals surface area (Å²) < 4.78 is 0. The molecular formula is C9H16N6. The number of nitrogens with two attached hydrogens (primary N) is 1. The highest BCUT2D eigenvalue weighted by molar-refractivity contribution is 5.78. The predicted molar refractivity (Wildman–Crippen MR) is 57.1 cm³/mol. The molecule has 0 unspecified atom stereocenters. The van der Waals surface area contributed by atoms with E-state index < -0.39 is 0 Å². The molecule has 1 aromatic rings. The maximum absolute atomic E-state index is 5.75. The van der Waals surface area contributed by atoms with E-state index >= 15 is 0 Å². The third-order valence-corrected chi connectivity index (χ3v) is 2.57. The molecule has 1 aliphatic rings. The van der Waals surface area contributed by atoms with Crippen LogP contribution in [0.1, 0.15) is 31.5 Å². The summed E-state index contributed by atoms with van der Waals surface area (Å²) >= 11 is 0. The van der Waals surface area contributed by atoms with Gasteiger partial charge >= 0.3 is 0 Å². The lowest BCUT2D eigenvalue weighted by Crippen LogP contribution is -2.38. The van der Waals surface area contributed by atoms with E-state index in [4.69, 9.17) is 5.73 Å². The highest BCUT2D eigenvalue weighted by Gasteiger charge is 2.14. The summed E-state index contributed by atoms with van der Waals surface area (Å²) in [6.45, 7) is 0.450. The van der Waals surface area contributed by atoms with Crippen molar-refractivity contribution in [3.63, 3.8) is 0 Å². The van der Waals surface area contributed by atoms with Crippen molar-refractivity contribution in [3.8, 4) is 0 Å². The van der Waals surface area contributed by atoms with Crippen LogP contribution in [0.15, 0.2) is 11.3 Å². The lowest BCUT2D eigenvalue weighted by atomic mass is 10.2. The third kappa shape index (κ3) is 2.93. The quantitative estimate of drug-likeness (QED) is 0.487. The summed E-state index contributed by atoms with van der Waals surface area (Å²) in [5, 5.41) is 9.68. The van der Waals surface area contributed by atoms with Crippen molar-refractivity contribution in [3.05, 3.63) is 12.2 Å². The van der Waals surface area contributed by atoms with E-state index in [0.29, 0.717) is 18.5 Å². The fourth-order valence-corrected chi connectivity index (χ4v) is 1.79. The normalized spacial score (nSPS) is 18.3. The smallest absolute Gasteiger partial charge is 0.189 e. The molecule has 1 aliphatic carbocycles. The van der Waals surface area contributed by atoms with Crippen molar-refractivity contribution in [2.75, 3.05) is 0 Å². The molecule has 82 valence electrons. The Morgan fingerprint density at radius 3 is 3.07 bits per heavy atom. The van der Waals surface area contributed by atoms with Crippen LogP contribution in [0.3, 0.4) is 0 Å². The van der Waals surface area contributed by atoms with E-state index in [1.54, 1.807) is 0 Å². The lowest BCUT2D eigenvalue weighted by Gasteiger charge is -2.11. The number of aliphatic imine (C=N–C) groups is 1. The molecule has 6 nitrogen and oxygen atoms in total. The molecule has 0 saturated heterocycles. The molecule has 0 atom stereocenters. The van der Waals surface area contributed by atoms with E-state index in [1.165, 1.54) is 32.0 Å². The summed E-state index contributed by atoms with van der Waals surface area (Å²) in [5.74, 6) is 1.23. The molecule has 0 aromatic carbocycles. The average molecular weight is 208 g/mol. The number of aromatic amines is 1. The fraction of sp³-hybridized carbons (Fsp3) is 0.667. The van der Waals surface area contributed by atoms with Crippen molar-refractivity contribution in [2.45, 2.75) is 38.3 Å². The van der Waals surface area contributed by atoms with Gasteiger partial charge < -0.3 is 11.1 Å². The molecule has 1 fully saturated rings. The molecule has 6 heteroatoms. The molecule has 1 saturated carbocycles. The lowest BCUT2D eigenvalue weighted by molar-refractivity contribution is 0.625. The second-order valence-electron chi connectivity index (χ2n) is 3.76. The number of hydrogen-bond donors (Lipinski definition) is 3. The van der Waals surface area contributed by atoms with Crippen LogP contribution in [-0.2, 0) is 6.54 Å². The van der Waals surface area contributed by atoms with Gasteiger partial charge in [0, 0.05) is 6.04 Å². The second-order valence-corrected chi connectivity index (χ2v) is 3.76. The average Bonchev–Trinajstić information content (AvgIpc) is 2.86. The first-order valence-electron chi connectivity index (χ1n) is 5.25. The molecule has 0 amide bonds. The number of hydrogen-bond acceptors (Lipinski definition) is 3. The van der Waals surface area contributed by atoms with Crippen molar-refractivity contribution in [2.24, 2.45) is 10.7 Å². The van der Waals surface area contributed by atoms with Crippen LogP contribution >= 0.6 is 0 Å². The van der Waals surface area contributed by atoms with Crippen molar-refractivity contribution in [1.82, 2.24) is 20.5 Å². The fourth-order valence-electron chi connectivity index (χ4n) is 1.79. The van der Waals surface area contributed by atoms with Gasteiger partial charge in [-0.1, -0.05) is 12.8 Å². The summed E-state index contributed by atoms with van der Waals surface area (Å²) in [4.78, 5) is 8.14. The minimum atomic E-state index is 0.450. The van der Waals surface area contributed by atoms with Gasteiger partial charge in [-0.05, 0) is 12.8 Å². The summed E-state index contributed by atoms with van der Waals surface area (Å²) in [5.41, 5.74) is 5.75. The largest absolute Gasteiger partial charge is 0.370 e. The van der Waals surface area contributed by atoms with E-state index in [-0.39, 0.29) is 0 Å². The highest BCUT2D eigenvalue weighted by atomic mass is 15.2. The predicted octanol–water partition coefficient (Wildman–Crippen LogP) is 0.152. The Labute approximate surface area is 88.4 Å². The molecule has 4 N–H and O–H groups in total. The van der Waals surface area contributed by atoms with Crippen LogP contribution in [0.25, 0.3) is 0 Å². The Morgan fingerprint density at radius 2 is 2.40 bits per heavy atom. The van der Waals surface area contributed by atoms with Crippen LogP contribution < -0.4 is 11.1 Å². The van der Waals surface area contributed by atoms with Gasteiger partial charge in [-0.3, -0.25) is 5.10 Å². The van der Waals surface area contributed by atoms with Crippen LogP contribution in [0.2, 0.25) is 0 Å². The number of rotatable bonds is 3. The minimum absolute atomic E-state index is 0.450. The Bertz CT molecular complexity index is 311. The first-order chi connectivity index (χ1) is 7.34. The van der Waals surface area contributed by atoms with Crippen molar-refractivity contribution < 1.29 is 0 Å². The van der Waals surface area contributed by atoms with Gasteiger partial charge in [0.1, 0.15) is 18.7 Å². The maximum Gasteiger partial charge on any atom is 0.189 e. The molecule has 1 aromatic heterocycles. The zero-order valence-corrected chi connectivity index (χ0v) is 8.61. The molecule has 0 spiro atoms. The van der Waals surface area contributed by atoms with Gasteiger partial charge in [-0.15, -0.1) is 0 Å². The van der Waals surface area contributed by atoms with Gasteiger partial charge in [-0.25, -0.2) is 9.98 Å². The third-order valence-electron chi connectivity index (χ3n) is 2.57. The summed E-state index contributed by atoms with van der Waals surface area (Å²) in [7, 11) is 0. The van der Waals surface area contributed by atoms with Crippen molar-refractivity contribution in [1.29, 1.82) is 0 Å². The van der Waals surface area contributed by atoms with E-state index in [0.717, 1.165) is 5.82 Å². The number of nitrogens with one attached hydrogen (secondary N) is 2. The van der Waals surface area contributed by atoms with Crippen LogP contribution in [-0.4, -0.2) is 27.2 Å². The minimum Gasteiger partial charge on any atom is -0.370 e. The van der Waals surface area contributed by atoms with Crippen LogP contribution in [0, 0.1) is 0 Å². The Balaban J connectivity index is 1.79. The van der Waals surface area contributed by atoms with Crippen LogP contribution in [0.4, 0.5) is 0 Å². The van der Waals surface area contributed by atoms with Gasteiger partial charge in [0.05, 0.1) is 0 Å². The Morgan fingerprint density at radius 1 is 1.60 bits per heavy atom. The monoisotopic (exact) mass is 208 g/mol. The van der Waals surface area contributed by atoms with Gasteiger partial charge in [0.15, 0.2) is 5.96 Å². The second kappa shape index (κ2) is 4.77. The topological polar surface area (TPSA) is 92.0 Å². The molecule has 15 heavy (non-hydrogen) atoms. The molecular weight excluding hydrogens is 192 g/mol. The first-order valence-corrected chi connectivity index (χ1v) is 5.25. The summed E-state index contributed by atoms with van der Waals surface area (Å²) in [6.07, 6.45) is 6.42. The Kier molecular flexibility index (Phi) is 3.16. The summed E-state index contributed by atoms with van der Waals surface area (Å²) in [6, 6.07) is 0.503. The van der Waals surface area contributed by atoms with Crippen LogP contribution in [0.5, 0.6) is 0 Å². The first kappa shape index (κ1) is 9.95. The maximum atomic E-state index is 5.75. The molecule has 0 aliphatic heterocycles. The van der Waals surface area contributed by atoms with E-state index in [1.807, 2.05) is 0 Å². The zero-order valence-electron chi connectivity index (χ0n) is 8.61.